The molecular formula is C31H30N4O5S. The zero-order valence-corrected chi connectivity index (χ0v) is 24.0. The molecule has 5 rings (SSSR count). The molecule has 41 heavy (non-hydrogen) atoms. The highest BCUT2D eigenvalue weighted by atomic mass is 32.1. The molecule has 9 nitrogen and oxygen atoms in total. The lowest BCUT2D eigenvalue weighted by Crippen LogP contribution is -2.15. The summed E-state index contributed by atoms with van der Waals surface area (Å²) in [6.07, 6.45) is 0. The molecule has 0 aliphatic rings. The first-order valence-electron chi connectivity index (χ1n) is 13.2. The van der Waals surface area contributed by atoms with Crippen LogP contribution in [0, 0.1) is 6.92 Å². The Labute approximate surface area is 241 Å². The summed E-state index contributed by atoms with van der Waals surface area (Å²) in [6.45, 7) is 6.34. The number of aryl methyl sites for hydroxylation is 1. The number of rotatable bonds is 10. The Hall–Kier alpha value is -4.83. The first-order valence-corrected chi connectivity index (χ1v) is 14.0. The quantitative estimate of drug-likeness (QED) is 0.194. The smallest absolute Gasteiger partial charge is 0.265 e. The maximum atomic E-state index is 13.5. The lowest BCUT2D eigenvalue weighted by atomic mass is 10.1. The maximum absolute atomic E-state index is 13.5. The summed E-state index contributed by atoms with van der Waals surface area (Å²) >= 11 is 1.36. The van der Waals surface area contributed by atoms with Crippen molar-refractivity contribution in [2.24, 2.45) is 0 Å². The summed E-state index contributed by atoms with van der Waals surface area (Å²) in [6, 6.07) is 21.8. The van der Waals surface area contributed by atoms with Crippen LogP contribution in [0.4, 0.5) is 11.4 Å². The van der Waals surface area contributed by atoms with Crippen LogP contribution in [-0.2, 0) is 0 Å². The maximum Gasteiger partial charge on any atom is 0.265 e. The van der Waals surface area contributed by atoms with Gasteiger partial charge < -0.3 is 24.8 Å². The van der Waals surface area contributed by atoms with Gasteiger partial charge in [-0.3, -0.25) is 9.59 Å². The van der Waals surface area contributed by atoms with E-state index in [4.69, 9.17) is 14.2 Å². The second-order valence-electron chi connectivity index (χ2n) is 9.01. The molecule has 0 saturated carbocycles. The van der Waals surface area contributed by atoms with Crippen LogP contribution < -0.4 is 24.8 Å². The summed E-state index contributed by atoms with van der Waals surface area (Å²) in [5.74, 6) is 0.855. The van der Waals surface area contributed by atoms with E-state index in [9.17, 15) is 9.59 Å². The van der Waals surface area contributed by atoms with Gasteiger partial charge in [0.15, 0.2) is 0 Å². The molecule has 2 aromatic heterocycles. The minimum atomic E-state index is -0.319. The molecule has 2 amide bonds. The number of nitrogens with one attached hydrogen (secondary N) is 2. The van der Waals surface area contributed by atoms with Crippen molar-refractivity contribution in [1.82, 2.24) is 9.78 Å². The number of carbonyl (C=O) groups is 2. The largest absolute Gasteiger partial charge is 0.497 e. The number of aromatic nitrogens is 2. The van der Waals surface area contributed by atoms with Crippen molar-refractivity contribution >= 4 is 44.7 Å². The van der Waals surface area contributed by atoms with Gasteiger partial charge in [-0.05, 0) is 63.2 Å². The summed E-state index contributed by atoms with van der Waals surface area (Å²) in [5, 5.41) is 11.4. The van der Waals surface area contributed by atoms with E-state index in [0.29, 0.717) is 52.3 Å². The molecule has 210 valence electrons. The molecule has 2 heterocycles. The monoisotopic (exact) mass is 570 g/mol. The third-order valence-corrected chi connectivity index (χ3v) is 7.41. The Morgan fingerprint density at radius 2 is 1.46 bits per heavy atom. The first-order chi connectivity index (χ1) is 19.9. The average molecular weight is 571 g/mol. The molecule has 5 aromatic rings. The van der Waals surface area contributed by atoms with E-state index >= 15 is 0 Å². The van der Waals surface area contributed by atoms with Gasteiger partial charge in [0.25, 0.3) is 11.8 Å². The third-order valence-electron chi connectivity index (χ3n) is 6.30. The van der Waals surface area contributed by atoms with Crippen LogP contribution in [0.5, 0.6) is 17.2 Å². The molecule has 0 bridgehead atoms. The normalized spacial score (nSPS) is 10.8. The number of ether oxygens (including phenoxy) is 3. The predicted molar refractivity (Wildman–Crippen MR) is 161 cm³/mol. The van der Waals surface area contributed by atoms with Gasteiger partial charge in [0, 0.05) is 23.1 Å². The summed E-state index contributed by atoms with van der Waals surface area (Å²) < 4.78 is 18.7. The van der Waals surface area contributed by atoms with Crippen molar-refractivity contribution in [3.05, 3.63) is 88.9 Å². The molecule has 0 unspecified atom stereocenters. The van der Waals surface area contributed by atoms with Crippen LogP contribution in [0.15, 0.2) is 72.8 Å². The number of anilines is 2. The van der Waals surface area contributed by atoms with E-state index in [1.54, 1.807) is 43.5 Å². The molecule has 0 aliphatic carbocycles. The van der Waals surface area contributed by atoms with Crippen LogP contribution in [-0.4, -0.2) is 41.9 Å². The highest BCUT2D eigenvalue weighted by molar-refractivity contribution is 7.20. The van der Waals surface area contributed by atoms with Crippen molar-refractivity contribution in [2.45, 2.75) is 20.8 Å². The number of hydrogen-bond donors (Lipinski definition) is 2. The van der Waals surface area contributed by atoms with Crippen LogP contribution in [0.2, 0.25) is 0 Å². The van der Waals surface area contributed by atoms with Crippen molar-refractivity contribution in [1.29, 1.82) is 0 Å². The molecule has 0 saturated heterocycles. The van der Waals surface area contributed by atoms with E-state index in [-0.39, 0.29) is 11.8 Å². The number of thiophene rings is 1. The Balaban J connectivity index is 1.44. The molecule has 0 fully saturated rings. The number of benzene rings is 3. The zero-order valence-electron chi connectivity index (χ0n) is 23.2. The second-order valence-corrected chi connectivity index (χ2v) is 10.0. The van der Waals surface area contributed by atoms with E-state index in [0.717, 1.165) is 21.6 Å². The second kappa shape index (κ2) is 12.1. The van der Waals surface area contributed by atoms with Gasteiger partial charge in [-0.15, -0.1) is 11.3 Å². The number of para-hydroxylation sites is 1. The van der Waals surface area contributed by atoms with Crippen molar-refractivity contribution in [3.8, 4) is 22.9 Å². The van der Waals surface area contributed by atoms with Gasteiger partial charge in [-0.1, -0.05) is 18.2 Å². The van der Waals surface area contributed by atoms with Gasteiger partial charge in [-0.25, -0.2) is 4.68 Å². The van der Waals surface area contributed by atoms with Crippen LogP contribution in [0.1, 0.15) is 39.6 Å². The number of amides is 2. The van der Waals surface area contributed by atoms with Crippen LogP contribution in [0.3, 0.4) is 0 Å². The number of hydrogen-bond acceptors (Lipinski definition) is 7. The zero-order chi connectivity index (χ0) is 28.9. The standard InChI is InChI=1S/C31H30N4O5S/c1-5-39-26-18-25(27(40-6-2)17-24(26)32-29(36)20-12-14-22(38-4)15-13-20)33-30(37)28-16-23-19(3)34-35(31(23)41-28)21-10-8-7-9-11-21/h7-18H,5-6H2,1-4H3,(H,32,36)(H,33,37). The van der Waals surface area contributed by atoms with E-state index in [1.807, 2.05) is 61.9 Å². The summed E-state index contributed by atoms with van der Waals surface area (Å²) in [5.41, 5.74) is 3.07. The van der Waals surface area contributed by atoms with Crippen LogP contribution >= 0.6 is 11.3 Å². The van der Waals surface area contributed by atoms with Gasteiger partial charge in [-0.2, -0.15) is 5.10 Å². The average Bonchev–Trinajstić information content (AvgIpc) is 3.56. The van der Waals surface area contributed by atoms with Gasteiger partial charge in [0.1, 0.15) is 22.1 Å². The molecule has 0 radical (unpaired) electrons. The van der Waals surface area contributed by atoms with Crippen molar-refractivity contribution < 1.29 is 23.8 Å². The molecule has 3 aromatic carbocycles. The predicted octanol–water partition coefficient (Wildman–Crippen LogP) is 6.71. The minimum absolute atomic E-state index is 0.288. The minimum Gasteiger partial charge on any atom is -0.497 e. The highest BCUT2D eigenvalue weighted by Gasteiger charge is 2.21. The Kier molecular flexibility index (Phi) is 8.21. The fourth-order valence-corrected chi connectivity index (χ4v) is 5.41. The Morgan fingerprint density at radius 3 is 2.05 bits per heavy atom. The van der Waals surface area contributed by atoms with Crippen LogP contribution in [0.25, 0.3) is 15.9 Å². The number of carbonyl (C=O) groups excluding carboxylic acids is 2. The topological polar surface area (TPSA) is 104 Å². The molecule has 2 N–H and O–H groups in total. The SMILES string of the molecule is CCOc1cc(NC(=O)c2cc3c(C)nn(-c4ccccc4)c3s2)c(OCC)cc1NC(=O)c1ccc(OC)cc1. The number of methoxy groups -OCH3 is 1. The van der Waals surface area contributed by atoms with E-state index < -0.39 is 0 Å². The summed E-state index contributed by atoms with van der Waals surface area (Å²) in [7, 11) is 1.57. The molecule has 0 spiro atoms. The van der Waals surface area contributed by atoms with Crippen molar-refractivity contribution in [3.63, 3.8) is 0 Å². The fraction of sp³-hybridized carbons (Fsp3) is 0.194. The molecular weight excluding hydrogens is 540 g/mol. The third kappa shape index (κ3) is 5.87. The van der Waals surface area contributed by atoms with E-state index in [1.165, 1.54) is 11.3 Å². The number of nitrogens with zero attached hydrogens (tertiary/aromatic N) is 2. The molecule has 0 atom stereocenters. The highest BCUT2D eigenvalue weighted by Crippen LogP contribution is 2.38. The Morgan fingerprint density at radius 1 is 0.854 bits per heavy atom. The lowest BCUT2D eigenvalue weighted by molar-refractivity contribution is 0.101. The lowest BCUT2D eigenvalue weighted by Gasteiger charge is -2.17. The molecule has 10 heteroatoms. The molecule has 0 aliphatic heterocycles. The fourth-order valence-electron chi connectivity index (χ4n) is 4.33. The van der Waals surface area contributed by atoms with Gasteiger partial charge >= 0.3 is 0 Å². The van der Waals surface area contributed by atoms with Gasteiger partial charge in [0.2, 0.25) is 0 Å². The Bertz CT molecular complexity index is 1690. The number of fused-ring (bicyclic) bond motifs is 1. The van der Waals surface area contributed by atoms with E-state index in [2.05, 4.69) is 15.7 Å². The van der Waals surface area contributed by atoms with Gasteiger partial charge in [0.05, 0.1) is 48.0 Å². The first kappa shape index (κ1) is 27.7. The summed E-state index contributed by atoms with van der Waals surface area (Å²) in [4.78, 5) is 27.9. The van der Waals surface area contributed by atoms with Crippen molar-refractivity contribution in [2.75, 3.05) is 31.0 Å².